The molecule has 1 fully saturated rings. The highest BCUT2D eigenvalue weighted by atomic mass is 19.1. The molecule has 0 radical (unpaired) electrons. The number of hydrogen-bond acceptors (Lipinski definition) is 2. The Morgan fingerprint density at radius 3 is 2.79 bits per heavy atom. The average molecular weight is 266 g/mol. The van der Waals surface area contributed by atoms with Gasteiger partial charge in [0.05, 0.1) is 11.6 Å². The average Bonchev–Trinajstić information content (AvgIpc) is 2.82. The maximum absolute atomic E-state index is 13.6. The summed E-state index contributed by atoms with van der Waals surface area (Å²) in [5, 5.41) is 11.3. The molecule has 0 saturated carbocycles. The zero-order valence-corrected chi connectivity index (χ0v) is 10.5. The van der Waals surface area contributed by atoms with Crippen molar-refractivity contribution in [2.24, 2.45) is 5.92 Å². The molecule has 19 heavy (non-hydrogen) atoms. The summed E-state index contributed by atoms with van der Waals surface area (Å²) in [5.41, 5.74) is 0.872. The molecule has 1 aliphatic rings. The number of rotatable bonds is 2. The summed E-state index contributed by atoms with van der Waals surface area (Å²) in [7, 11) is 0. The van der Waals surface area contributed by atoms with Crippen molar-refractivity contribution >= 4 is 17.7 Å². The number of halogens is 1. The third-order valence-corrected chi connectivity index (χ3v) is 3.19. The quantitative estimate of drug-likeness (QED) is 0.861. The number of carboxylic acids is 1. The second-order valence-corrected chi connectivity index (χ2v) is 4.68. The van der Waals surface area contributed by atoms with E-state index in [9.17, 15) is 14.0 Å². The van der Waals surface area contributed by atoms with Gasteiger partial charge in [-0.05, 0) is 31.0 Å². The lowest BCUT2D eigenvalue weighted by Crippen LogP contribution is -2.34. The number of hydrogen-bond donors (Lipinski definition) is 2. The molecule has 1 aromatic carbocycles. The van der Waals surface area contributed by atoms with Crippen LogP contribution >= 0.6 is 0 Å². The van der Waals surface area contributed by atoms with E-state index in [-0.39, 0.29) is 12.2 Å². The van der Waals surface area contributed by atoms with Crippen molar-refractivity contribution in [1.29, 1.82) is 0 Å². The van der Waals surface area contributed by atoms with Gasteiger partial charge in [0.15, 0.2) is 0 Å². The maximum atomic E-state index is 13.6. The monoisotopic (exact) mass is 266 g/mol. The van der Waals surface area contributed by atoms with Crippen LogP contribution in [-0.2, 0) is 4.79 Å². The van der Waals surface area contributed by atoms with E-state index in [1.54, 1.807) is 13.0 Å². The fourth-order valence-corrected chi connectivity index (χ4v) is 2.06. The molecule has 102 valence electrons. The summed E-state index contributed by atoms with van der Waals surface area (Å²) in [6.07, 6.45) is 0.430. The predicted molar refractivity (Wildman–Crippen MR) is 67.5 cm³/mol. The normalized spacial score (nSPS) is 18.4. The molecule has 5 nitrogen and oxygen atoms in total. The SMILES string of the molecule is Cc1ccc(NC(=O)N2CCC(C(=O)O)C2)c(F)c1. The molecule has 2 amide bonds. The van der Waals surface area contributed by atoms with Crippen molar-refractivity contribution in [3.05, 3.63) is 29.6 Å². The van der Waals surface area contributed by atoms with Crippen LogP contribution in [0.5, 0.6) is 0 Å². The van der Waals surface area contributed by atoms with Gasteiger partial charge in [-0.25, -0.2) is 9.18 Å². The highest BCUT2D eigenvalue weighted by molar-refractivity contribution is 5.90. The number of carboxylic acid groups (broad SMARTS) is 1. The molecule has 0 bridgehead atoms. The van der Waals surface area contributed by atoms with Crippen molar-refractivity contribution in [2.75, 3.05) is 18.4 Å². The minimum Gasteiger partial charge on any atom is -0.481 e. The second kappa shape index (κ2) is 5.26. The van der Waals surface area contributed by atoms with E-state index in [0.29, 0.717) is 13.0 Å². The Bertz CT molecular complexity index is 519. The number of nitrogens with zero attached hydrogens (tertiary/aromatic N) is 1. The van der Waals surface area contributed by atoms with Crippen molar-refractivity contribution in [2.45, 2.75) is 13.3 Å². The first-order chi connectivity index (χ1) is 8.97. The van der Waals surface area contributed by atoms with Crippen LogP contribution in [0, 0.1) is 18.7 Å². The maximum Gasteiger partial charge on any atom is 0.321 e. The highest BCUT2D eigenvalue weighted by Gasteiger charge is 2.31. The van der Waals surface area contributed by atoms with Gasteiger partial charge in [0.25, 0.3) is 0 Å². The van der Waals surface area contributed by atoms with Gasteiger partial charge in [-0.2, -0.15) is 0 Å². The van der Waals surface area contributed by atoms with Gasteiger partial charge in [-0.3, -0.25) is 4.79 Å². The minimum atomic E-state index is -0.906. The lowest BCUT2D eigenvalue weighted by molar-refractivity contribution is -0.141. The summed E-state index contributed by atoms with van der Waals surface area (Å²) >= 11 is 0. The first-order valence-electron chi connectivity index (χ1n) is 6.02. The van der Waals surface area contributed by atoms with Crippen LogP contribution in [0.15, 0.2) is 18.2 Å². The number of benzene rings is 1. The summed E-state index contributed by atoms with van der Waals surface area (Å²) in [6.45, 7) is 2.29. The largest absolute Gasteiger partial charge is 0.481 e. The van der Waals surface area contributed by atoms with Crippen molar-refractivity contribution < 1.29 is 19.1 Å². The molecule has 0 aromatic heterocycles. The molecule has 1 unspecified atom stereocenters. The zero-order valence-electron chi connectivity index (χ0n) is 10.5. The minimum absolute atomic E-state index is 0.106. The lowest BCUT2D eigenvalue weighted by atomic mass is 10.1. The van der Waals surface area contributed by atoms with E-state index in [2.05, 4.69) is 5.32 Å². The predicted octanol–water partition coefficient (Wildman–Crippen LogP) is 2.07. The third-order valence-electron chi connectivity index (χ3n) is 3.19. The summed E-state index contributed by atoms with van der Waals surface area (Å²) in [4.78, 5) is 24.1. The smallest absolute Gasteiger partial charge is 0.321 e. The highest BCUT2D eigenvalue weighted by Crippen LogP contribution is 2.19. The van der Waals surface area contributed by atoms with E-state index in [0.717, 1.165) is 5.56 Å². The Morgan fingerprint density at radius 2 is 2.21 bits per heavy atom. The molecular weight excluding hydrogens is 251 g/mol. The molecule has 0 spiro atoms. The molecule has 0 aliphatic carbocycles. The number of likely N-dealkylation sites (tertiary alicyclic amines) is 1. The fourth-order valence-electron chi connectivity index (χ4n) is 2.06. The van der Waals surface area contributed by atoms with Gasteiger partial charge < -0.3 is 15.3 Å². The fraction of sp³-hybridized carbons (Fsp3) is 0.385. The Morgan fingerprint density at radius 1 is 1.47 bits per heavy atom. The molecule has 6 heteroatoms. The second-order valence-electron chi connectivity index (χ2n) is 4.68. The van der Waals surface area contributed by atoms with Gasteiger partial charge in [0.1, 0.15) is 5.82 Å². The van der Waals surface area contributed by atoms with Crippen LogP contribution < -0.4 is 5.32 Å². The van der Waals surface area contributed by atoms with Crippen molar-refractivity contribution in [3.63, 3.8) is 0 Å². The summed E-state index contributed by atoms with van der Waals surface area (Å²) in [5.74, 6) is -1.94. The molecule has 1 atom stereocenters. The third kappa shape index (κ3) is 3.01. The Kier molecular flexibility index (Phi) is 3.69. The molecule has 2 N–H and O–H groups in total. The van der Waals surface area contributed by atoms with E-state index in [1.807, 2.05) is 0 Å². The number of anilines is 1. The molecule has 1 aliphatic heterocycles. The van der Waals surface area contributed by atoms with Crippen LogP contribution in [0.2, 0.25) is 0 Å². The molecular formula is C13H15FN2O3. The molecule has 1 saturated heterocycles. The van der Waals surface area contributed by atoms with Crippen LogP contribution in [0.4, 0.5) is 14.9 Å². The van der Waals surface area contributed by atoms with Crippen molar-refractivity contribution in [1.82, 2.24) is 4.90 Å². The Labute approximate surface area is 110 Å². The van der Waals surface area contributed by atoms with Gasteiger partial charge in [0.2, 0.25) is 0 Å². The van der Waals surface area contributed by atoms with Crippen LogP contribution in [0.1, 0.15) is 12.0 Å². The summed E-state index contributed by atoms with van der Waals surface area (Å²) in [6, 6.07) is 4.06. The first-order valence-corrected chi connectivity index (χ1v) is 6.02. The van der Waals surface area contributed by atoms with Crippen molar-refractivity contribution in [3.8, 4) is 0 Å². The zero-order chi connectivity index (χ0) is 14.0. The number of aryl methyl sites for hydroxylation is 1. The molecule has 2 rings (SSSR count). The van der Waals surface area contributed by atoms with E-state index >= 15 is 0 Å². The number of amides is 2. The Balaban J connectivity index is 2.00. The Hall–Kier alpha value is -2.11. The number of aliphatic carboxylic acids is 1. The van der Waals surface area contributed by atoms with Gasteiger partial charge in [0, 0.05) is 13.1 Å². The lowest BCUT2D eigenvalue weighted by Gasteiger charge is -2.17. The topological polar surface area (TPSA) is 69.6 Å². The van der Waals surface area contributed by atoms with E-state index in [4.69, 9.17) is 5.11 Å². The first kappa shape index (κ1) is 13.3. The van der Waals surface area contributed by atoms with Crippen LogP contribution in [-0.4, -0.2) is 35.1 Å². The van der Waals surface area contributed by atoms with E-state index in [1.165, 1.54) is 17.0 Å². The van der Waals surface area contributed by atoms with Crippen LogP contribution in [0.3, 0.4) is 0 Å². The van der Waals surface area contributed by atoms with E-state index < -0.39 is 23.7 Å². The number of urea groups is 1. The van der Waals surface area contributed by atoms with Gasteiger partial charge >= 0.3 is 12.0 Å². The standard InChI is InChI=1S/C13H15FN2O3/c1-8-2-3-11(10(14)6-8)15-13(19)16-5-4-9(7-16)12(17)18/h2-3,6,9H,4-5,7H2,1H3,(H,15,19)(H,17,18). The van der Waals surface area contributed by atoms with Crippen LogP contribution in [0.25, 0.3) is 0 Å². The number of carbonyl (C=O) groups excluding carboxylic acids is 1. The molecule has 1 aromatic rings. The van der Waals surface area contributed by atoms with Gasteiger partial charge in [-0.1, -0.05) is 6.07 Å². The van der Waals surface area contributed by atoms with Gasteiger partial charge in [-0.15, -0.1) is 0 Å². The number of carbonyl (C=O) groups is 2. The number of nitrogens with one attached hydrogen (secondary N) is 1. The summed E-state index contributed by atoms with van der Waals surface area (Å²) < 4.78 is 13.6. The molecule has 1 heterocycles.